The summed E-state index contributed by atoms with van der Waals surface area (Å²) in [5.74, 6) is -0.789. The van der Waals surface area contributed by atoms with Crippen LogP contribution in [0.25, 0.3) is 22.2 Å². The third-order valence-corrected chi connectivity index (χ3v) is 5.52. The van der Waals surface area contributed by atoms with Gasteiger partial charge in [0.1, 0.15) is 10.7 Å². The second-order valence-corrected chi connectivity index (χ2v) is 7.50. The molecule has 0 aliphatic carbocycles. The van der Waals surface area contributed by atoms with E-state index in [4.69, 9.17) is 0 Å². The molecule has 1 heterocycles. The Bertz CT molecular complexity index is 1170. The Hall–Kier alpha value is -3.12. The van der Waals surface area contributed by atoms with E-state index in [0.717, 1.165) is 22.7 Å². The molecular weight excluding hydrogens is 351 g/mol. The molecule has 130 valence electrons. The van der Waals surface area contributed by atoms with E-state index in [1.54, 1.807) is 12.1 Å². The summed E-state index contributed by atoms with van der Waals surface area (Å²) in [6, 6.07) is 22.0. The van der Waals surface area contributed by atoms with Crippen LogP contribution in [0.1, 0.15) is 0 Å². The van der Waals surface area contributed by atoms with Crippen molar-refractivity contribution in [3.8, 4) is 11.3 Å². The number of aromatic nitrogens is 1. The molecule has 26 heavy (non-hydrogen) atoms. The summed E-state index contributed by atoms with van der Waals surface area (Å²) < 4.78 is 41.7. The van der Waals surface area contributed by atoms with Gasteiger partial charge in [-0.05, 0) is 30.3 Å². The standard InChI is InChI=1S/C20H15FN2O2S/c21-16-9-3-6-12-20(16)26(24,25)23-18-11-5-2-8-15(18)19-13-14-7-1-4-10-17(14)22-19/h1-13,22-23H. The van der Waals surface area contributed by atoms with Crippen molar-refractivity contribution in [2.75, 3.05) is 4.72 Å². The summed E-state index contributed by atoms with van der Waals surface area (Å²) in [5.41, 5.74) is 2.79. The minimum absolute atomic E-state index is 0.377. The molecule has 0 unspecified atom stereocenters. The summed E-state index contributed by atoms with van der Waals surface area (Å²) in [6.07, 6.45) is 0. The molecule has 0 fully saturated rings. The van der Waals surface area contributed by atoms with Gasteiger partial charge >= 0.3 is 0 Å². The minimum atomic E-state index is -4.04. The van der Waals surface area contributed by atoms with Gasteiger partial charge in [-0.25, -0.2) is 12.8 Å². The lowest BCUT2D eigenvalue weighted by atomic mass is 10.1. The molecule has 6 heteroatoms. The maximum Gasteiger partial charge on any atom is 0.264 e. The van der Waals surface area contributed by atoms with E-state index in [9.17, 15) is 12.8 Å². The second kappa shape index (κ2) is 6.31. The summed E-state index contributed by atoms with van der Waals surface area (Å²) in [4.78, 5) is 2.90. The van der Waals surface area contributed by atoms with Crippen LogP contribution in [-0.4, -0.2) is 13.4 Å². The molecular formula is C20H15FN2O2S. The van der Waals surface area contributed by atoms with E-state index >= 15 is 0 Å². The SMILES string of the molecule is O=S(=O)(Nc1ccccc1-c1cc2ccccc2[nH]1)c1ccccc1F. The summed E-state index contributed by atoms with van der Waals surface area (Å²) >= 11 is 0. The van der Waals surface area contributed by atoms with Crippen LogP contribution in [0.5, 0.6) is 0 Å². The highest BCUT2D eigenvalue weighted by Crippen LogP contribution is 2.31. The second-order valence-electron chi connectivity index (χ2n) is 5.85. The lowest BCUT2D eigenvalue weighted by molar-refractivity contribution is 0.570. The van der Waals surface area contributed by atoms with Gasteiger partial charge in [0, 0.05) is 22.2 Å². The van der Waals surface area contributed by atoms with E-state index in [-0.39, 0.29) is 4.90 Å². The number of nitrogens with one attached hydrogen (secondary N) is 2. The number of fused-ring (bicyclic) bond motifs is 1. The highest BCUT2D eigenvalue weighted by molar-refractivity contribution is 7.92. The Labute approximate surface area is 150 Å². The van der Waals surface area contributed by atoms with Gasteiger partial charge in [0.15, 0.2) is 0 Å². The average Bonchev–Trinajstić information content (AvgIpc) is 3.06. The third kappa shape index (κ3) is 2.95. The molecule has 0 aliphatic rings. The van der Waals surface area contributed by atoms with Gasteiger partial charge in [-0.2, -0.15) is 0 Å². The van der Waals surface area contributed by atoms with Crippen molar-refractivity contribution in [1.29, 1.82) is 0 Å². The largest absolute Gasteiger partial charge is 0.354 e. The van der Waals surface area contributed by atoms with E-state index in [0.29, 0.717) is 11.3 Å². The maximum atomic E-state index is 13.9. The first-order valence-corrected chi connectivity index (χ1v) is 9.47. The Morgan fingerprint density at radius 3 is 2.35 bits per heavy atom. The average molecular weight is 366 g/mol. The van der Waals surface area contributed by atoms with Crippen molar-refractivity contribution in [1.82, 2.24) is 4.98 Å². The van der Waals surface area contributed by atoms with Crippen LogP contribution in [0.3, 0.4) is 0 Å². The highest BCUT2D eigenvalue weighted by Gasteiger charge is 2.20. The molecule has 4 rings (SSSR count). The Morgan fingerprint density at radius 1 is 0.846 bits per heavy atom. The van der Waals surface area contributed by atoms with Crippen LogP contribution < -0.4 is 4.72 Å². The summed E-state index contributed by atoms with van der Waals surface area (Å²) in [7, 11) is -4.04. The quantitative estimate of drug-likeness (QED) is 0.546. The smallest absolute Gasteiger partial charge is 0.264 e. The number of para-hydroxylation sites is 2. The van der Waals surface area contributed by atoms with Crippen molar-refractivity contribution in [3.63, 3.8) is 0 Å². The number of anilines is 1. The molecule has 0 aliphatic heterocycles. The van der Waals surface area contributed by atoms with Crippen molar-refractivity contribution in [3.05, 3.63) is 84.7 Å². The van der Waals surface area contributed by atoms with Gasteiger partial charge < -0.3 is 4.98 Å². The number of halogens is 1. The molecule has 0 spiro atoms. The monoisotopic (exact) mass is 366 g/mol. The van der Waals surface area contributed by atoms with Gasteiger partial charge in [0.05, 0.1) is 5.69 Å². The lowest BCUT2D eigenvalue weighted by Crippen LogP contribution is -2.15. The topological polar surface area (TPSA) is 62.0 Å². The predicted molar refractivity (Wildman–Crippen MR) is 101 cm³/mol. The van der Waals surface area contributed by atoms with Crippen molar-refractivity contribution in [2.45, 2.75) is 4.90 Å². The van der Waals surface area contributed by atoms with Crippen molar-refractivity contribution in [2.24, 2.45) is 0 Å². The van der Waals surface area contributed by atoms with E-state index in [1.165, 1.54) is 18.2 Å². The van der Waals surface area contributed by atoms with Gasteiger partial charge in [0.25, 0.3) is 10.0 Å². The highest BCUT2D eigenvalue weighted by atomic mass is 32.2. The number of aromatic amines is 1. The zero-order valence-corrected chi connectivity index (χ0v) is 14.4. The fourth-order valence-electron chi connectivity index (χ4n) is 2.89. The first-order chi connectivity index (χ1) is 12.5. The molecule has 0 atom stereocenters. The van der Waals surface area contributed by atoms with Crippen LogP contribution in [0, 0.1) is 5.82 Å². The minimum Gasteiger partial charge on any atom is -0.354 e. The zero-order valence-electron chi connectivity index (χ0n) is 13.6. The molecule has 2 N–H and O–H groups in total. The van der Waals surface area contributed by atoms with Gasteiger partial charge in [-0.15, -0.1) is 0 Å². The molecule has 0 radical (unpaired) electrons. The van der Waals surface area contributed by atoms with E-state index in [1.807, 2.05) is 42.5 Å². The van der Waals surface area contributed by atoms with Gasteiger partial charge in [-0.3, -0.25) is 4.72 Å². The molecule has 4 aromatic rings. The van der Waals surface area contributed by atoms with Crippen LogP contribution in [-0.2, 0) is 10.0 Å². The Morgan fingerprint density at radius 2 is 1.54 bits per heavy atom. The number of benzene rings is 3. The first kappa shape index (κ1) is 16.4. The fourth-order valence-corrected chi connectivity index (χ4v) is 4.05. The Kier molecular flexibility index (Phi) is 3.97. The number of hydrogen-bond acceptors (Lipinski definition) is 2. The van der Waals surface area contributed by atoms with Crippen LogP contribution in [0.15, 0.2) is 83.8 Å². The zero-order chi connectivity index (χ0) is 18.1. The van der Waals surface area contributed by atoms with E-state index in [2.05, 4.69) is 9.71 Å². The van der Waals surface area contributed by atoms with Crippen LogP contribution >= 0.6 is 0 Å². The van der Waals surface area contributed by atoms with Crippen LogP contribution in [0.2, 0.25) is 0 Å². The normalized spacial score (nSPS) is 11.6. The van der Waals surface area contributed by atoms with E-state index < -0.39 is 15.8 Å². The first-order valence-electron chi connectivity index (χ1n) is 7.99. The third-order valence-electron chi connectivity index (χ3n) is 4.12. The Balaban J connectivity index is 1.78. The number of rotatable bonds is 4. The molecule has 3 aromatic carbocycles. The van der Waals surface area contributed by atoms with Crippen molar-refractivity contribution < 1.29 is 12.8 Å². The number of sulfonamides is 1. The van der Waals surface area contributed by atoms with Crippen molar-refractivity contribution >= 4 is 26.6 Å². The molecule has 0 saturated heterocycles. The molecule has 4 nitrogen and oxygen atoms in total. The molecule has 0 bridgehead atoms. The molecule has 0 saturated carbocycles. The molecule has 1 aromatic heterocycles. The number of hydrogen-bond donors (Lipinski definition) is 2. The lowest BCUT2D eigenvalue weighted by Gasteiger charge is -2.12. The summed E-state index contributed by atoms with van der Waals surface area (Å²) in [5, 5.41) is 1.02. The summed E-state index contributed by atoms with van der Waals surface area (Å²) in [6.45, 7) is 0. The molecule has 0 amide bonds. The number of H-pyrrole nitrogens is 1. The predicted octanol–water partition coefficient (Wildman–Crippen LogP) is 4.77. The fraction of sp³-hybridized carbons (Fsp3) is 0. The van der Waals surface area contributed by atoms with Gasteiger partial charge in [-0.1, -0.05) is 48.5 Å². The van der Waals surface area contributed by atoms with Crippen LogP contribution in [0.4, 0.5) is 10.1 Å². The maximum absolute atomic E-state index is 13.9. The van der Waals surface area contributed by atoms with Gasteiger partial charge in [0.2, 0.25) is 0 Å².